The molecular weight excluding hydrogens is 421 g/mol. The number of thioether (sulfide) groups is 1. The molecule has 0 atom stereocenters. The lowest BCUT2D eigenvalue weighted by molar-refractivity contribution is 0.317. The van der Waals surface area contributed by atoms with E-state index in [0.29, 0.717) is 6.61 Å². The number of halogens is 1. The smallest absolute Gasteiger partial charge is 0.191 e. The van der Waals surface area contributed by atoms with Crippen molar-refractivity contribution in [2.24, 2.45) is 4.99 Å². The largest absolute Gasteiger partial charge is 0.491 e. The maximum atomic E-state index is 5.87. The molecule has 0 amide bonds. The maximum Gasteiger partial charge on any atom is 0.191 e. The third-order valence-corrected chi connectivity index (χ3v) is 4.04. The first-order chi connectivity index (χ1) is 10.7. The lowest BCUT2D eigenvalue weighted by Crippen LogP contribution is -2.39. The van der Waals surface area contributed by atoms with Gasteiger partial charge in [0, 0.05) is 13.6 Å². The van der Waals surface area contributed by atoms with Crippen LogP contribution in [0.25, 0.3) is 0 Å². The van der Waals surface area contributed by atoms with Crippen LogP contribution in [0.5, 0.6) is 5.75 Å². The van der Waals surface area contributed by atoms with E-state index in [9.17, 15) is 0 Å². The fourth-order valence-electron chi connectivity index (χ4n) is 2.15. The van der Waals surface area contributed by atoms with E-state index in [0.717, 1.165) is 24.8 Å². The van der Waals surface area contributed by atoms with Crippen LogP contribution in [0.3, 0.4) is 0 Å². The third kappa shape index (κ3) is 9.30. The van der Waals surface area contributed by atoms with Crippen molar-refractivity contribution in [2.75, 3.05) is 38.8 Å². The van der Waals surface area contributed by atoms with Gasteiger partial charge in [-0.05, 0) is 49.8 Å². The van der Waals surface area contributed by atoms with E-state index in [1.807, 2.05) is 11.8 Å². The molecule has 2 N–H and O–H groups in total. The predicted octanol–water partition coefficient (Wildman–Crippen LogP) is 3.61. The summed E-state index contributed by atoms with van der Waals surface area (Å²) in [4.78, 5) is 4.22. The highest BCUT2D eigenvalue weighted by Crippen LogP contribution is 2.21. The first kappa shape index (κ1) is 22.4. The van der Waals surface area contributed by atoms with Crippen LogP contribution >= 0.6 is 35.7 Å². The molecule has 1 aromatic carbocycles. The molecule has 0 bridgehead atoms. The molecule has 0 aliphatic carbocycles. The second-order valence-corrected chi connectivity index (χ2v) is 6.18. The quantitative estimate of drug-likeness (QED) is 0.261. The molecule has 0 aliphatic heterocycles. The van der Waals surface area contributed by atoms with Gasteiger partial charge in [0.15, 0.2) is 5.96 Å². The Balaban J connectivity index is 0.00000484. The van der Waals surface area contributed by atoms with Crippen molar-refractivity contribution in [3.63, 3.8) is 0 Å². The lowest BCUT2D eigenvalue weighted by Gasteiger charge is -2.14. The van der Waals surface area contributed by atoms with E-state index in [1.165, 1.54) is 29.7 Å². The zero-order valence-corrected chi connectivity index (χ0v) is 17.8. The minimum absolute atomic E-state index is 0. The number of hydrogen-bond acceptors (Lipinski definition) is 3. The number of rotatable bonds is 9. The number of nitrogens with zero attached hydrogens (tertiary/aromatic N) is 1. The van der Waals surface area contributed by atoms with Gasteiger partial charge in [0.1, 0.15) is 12.4 Å². The standard InChI is InChI=1S/C17H29N3OS.HI/c1-14-8-7-9-15(2)16(14)21-12-11-20-17(18-3)19-10-5-6-13-22-4;/h7-9H,5-6,10-13H2,1-4H3,(H2,18,19,20);1H. The summed E-state index contributed by atoms with van der Waals surface area (Å²) in [7, 11) is 1.80. The van der Waals surface area contributed by atoms with Gasteiger partial charge in [-0.2, -0.15) is 11.8 Å². The van der Waals surface area contributed by atoms with E-state index in [-0.39, 0.29) is 24.0 Å². The molecule has 0 saturated carbocycles. The summed E-state index contributed by atoms with van der Waals surface area (Å²) in [6.07, 6.45) is 4.55. The highest BCUT2D eigenvalue weighted by atomic mass is 127. The third-order valence-electron chi connectivity index (χ3n) is 3.34. The molecule has 0 unspecified atom stereocenters. The van der Waals surface area contributed by atoms with Crippen molar-refractivity contribution in [1.82, 2.24) is 10.6 Å². The number of benzene rings is 1. The first-order valence-corrected chi connectivity index (χ1v) is 9.21. The van der Waals surface area contributed by atoms with Crippen LogP contribution in [-0.4, -0.2) is 44.7 Å². The lowest BCUT2D eigenvalue weighted by atomic mass is 10.1. The summed E-state index contributed by atoms with van der Waals surface area (Å²) in [5, 5.41) is 6.60. The van der Waals surface area contributed by atoms with E-state index < -0.39 is 0 Å². The van der Waals surface area contributed by atoms with Crippen LogP contribution in [0.15, 0.2) is 23.2 Å². The summed E-state index contributed by atoms with van der Waals surface area (Å²) < 4.78 is 5.87. The minimum Gasteiger partial charge on any atom is -0.491 e. The normalized spacial score (nSPS) is 10.9. The molecule has 0 radical (unpaired) electrons. The van der Waals surface area contributed by atoms with Gasteiger partial charge in [0.25, 0.3) is 0 Å². The highest BCUT2D eigenvalue weighted by molar-refractivity contribution is 14.0. The molecule has 1 aromatic rings. The van der Waals surface area contributed by atoms with Crippen molar-refractivity contribution in [3.05, 3.63) is 29.3 Å². The fraction of sp³-hybridized carbons (Fsp3) is 0.588. The van der Waals surface area contributed by atoms with E-state index in [2.05, 4.69) is 53.9 Å². The molecule has 0 fully saturated rings. The van der Waals surface area contributed by atoms with Gasteiger partial charge >= 0.3 is 0 Å². The Morgan fingerprint density at radius 3 is 2.39 bits per heavy atom. The van der Waals surface area contributed by atoms with Crippen LogP contribution < -0.4 is 15.4 Å². The number of aliphatic imine (C=N–C) groups is 1. The fourth-order valence-corrected chi connectivity index (χ4v) is 2.64. The predicted molar refractivity (Wildman–Crippen MR) is 114 cm³/mol. The average Bonchev–Trinajstić information content (AvgIpc) is 2.51. The number of aryl methyl sites for hydroxylation is 2. The molecule has 23 heavy (non-hydrogen) atoms. The second-order valence-electron chi connectivity index (χ2n) is 5.20. The van der Waals surface area contributed by atoms with Crippen molar-refractivity contribution >= 4 is 41.7 Å². The topological polar surface area (TPSA) is 45.7 Å². The van der Waals surface area contributed by atoms with Crippen molar-refractivity contribution in [3.8, 4) is 5.75 Å². The molecule has 0 heterocycles. The number of unbranched alkanes of at least 4 members (excludes halogenated alkanes) is 1. The molecule has 0 aromatic heterocycles. The van der Waals surface area contributed by atoms with Crippen LogP contribution in [0.4, 0.5) is 0 Å². The number of guanidine groups is 1. The molecule has 0 spiro atoms. The summed E-state index contributed by atoms with van der Waals surface area (Å²) in [6, 6.07) is 6.20. The van der Waals surface area contributed by atoms with Crippen LogP contribution in [-0.2, 0) is 0 Å². The zero-order valence-electron chi connectivity index (χ0n) is 14.6. The van der Waals surface area contributed by atoms with Gasteiger partial charge < -0.3 is 15.4 Å². The Morgan fingerprint density at radius 2 is 1.78 bits per heavy atom. The molecule has 132 valence electrons. The van der Waals surface area contributed by atoms with Crippen molar-refractivity contribution in [1.29, 1.82) is 0 Å². The Hall–Kier alpha value is -0.630. The number of hydrogen-bond donors (Lipinski definition) is 2. The molecule has 0 saturated heterocycles. The molecule has 6 heteroatoms. The van der Waals surface area contributed by atoms with Gasteiger partial charge in [0.2, 0.25) is 0 Å². The van der Waals surface area contributed by atoms with Gasteiger partial charge in [-0.25, -0.2) is 0 Å². The van der Waals surface area contributed by atoms with E-state index in [4.69, 9.17) is 4.74 Å². The Bertz CT molecular complexity index is 449. The van der Waals surface area contributed by atoms with Gasteiger partial charge in [-0.15, -0.1) is 24.0 Å². The van der Waals surface area contributed by atoms with Crippen LogP contribution in [0, 0.1) is 13.8 Å². The van der Waals surface area contributed by atoms with Gasteiger partial charge in [0.05, 0.1) is 6.54 Å². The number of ether oxygens (including phenoxy) is 1. The van der Waals surface area contributed by atoms with Gasteiger partial charge in [-0.3, -0.25) is 4.99 Å². The number of para-hydroxylation sites is 1. The molecular formula is C17H30IN3OS. The molecule has 1 rings (SSSR count). The average molecular weight is 451 g/mol. The maximum absolute atomic E-state index is 5.87. The monoisotopic (exact) mass is 451 g/mol. The second kappa shape index (κ2) is 13.8. The molecule has 0 aliphatic rings. The minimum atomic E-state index is 0. The van der Waals surface area contributed by atoms with E-state index >= 15 is 0 Å². The SMILES string of the molecule is CN=C(NCCCCSC)NCCOc1c(C)cccc1C.I. The summed E-state index contributed by atoms with van der Waals surface area (Å²) in [5.41, 5.74) is 2.35. The van der Waals surface area contributed by atoms with Crippen LogP contribution in [0.2, 0.25) is 0 Å². The highest BCUT2D eigenvalue weighted by Gasteiger charge is 2.03. The Morgan fingerprint density at radius 1 is 1.13 bits per heavy atom. The molecule has 4 nitrogen and oxygen atoms in total. The first-order valence-electron chi connectivity index (χ1n) is 7.81. The zero-order chi connectivity index (χ0) is 16.2. The summed E-state index contributed by atoms with van der Waals surface area (Å²) in [5.74, 6) is 3.05. The summed E-state index contributed by atoms with van der Waals surface area (Å²) >= 11 is 1.89. The van der Waals surface area contributed by atoms with Crippen molar-refractivity contribution < 1.29 is 4.74 Å². The van der Waals surface area contributed by atoms with Gasteiger partial charge in [-0.1, -0.05) is 18.2 Å². The summed E-state index contributed by atoms with van der Waals surface area (Å²) in [6.45, 7) is 6.46. The Kier molecular flexibility index (Phi) is 13.4. The van der Waals surface area contributed by atoms with Crippen molar-refractivity contribution in [2.45, 2.75) is 26.7 Å². The Labute approximate surface area is 162 Å². The van der Waals surface area contributed by atoms with Crippen LogP contribution in [0.1, 0.15) is 24.0 Å². The van der Waals surface area contributed by atoms with E-state index in [1.54, 1.807) is 7.05 Å². The number of nitrogens with one attached hydrogen (secondary N) is 2.